The van der Waals surface area contributed by atoms with Crippen molar-refractivity contribution in [1.29, 1.82) is 0 Å². The van der Waals surface area contributed by atoms with Gasteiger partial charge in [-0.1, -0.05) is 110 Å². The van der Waals surface area contributed by atoms with E-state index in [1.54, 1.807) is 0 Å². The predicted octanol–water partition coefficient (Wildman–Crippen LogP) is 8.84. The maximum absolute atomic E-state index is 2.40. The van der Waals surface area contributed by atoms with Gasteiger partial charge in [-0.25, -0.2) is 0 Å². The molecule has 0 saturated heterocycles. The zero-order valence-electron chi connectivity index (χ0n) is 22.9. The molecule has 0 atom stereocenters. The van der Waals surface area contributed by atoms with Crippen LogP contribution in [-0.4, -0.2) is 56.2 Å². The molecule has 188 valence electrons. The van der Waals surface area contributed by atoms with Gasteiger partial charge in [-0.05, 0) is 40.8 Å². The number of rotatable bonds is 25. The second-order valence-electron chi connectivity index (χ2n) is 10.6. The summed E-state index contributed by atoms with van der Waals surface area (Å²) in [5.41, 5.74) is 0. The topological polar surface area (TPSA) is 3.24 Å². The van der Waals surface area contributed by atoms with E-state index in [9.17, 15) is 0 Å². The predicted molar refractivity (Wildman–Crippen MR) is 143 cm³/mol. The molecule has 0 aliphatic heterocycles. The quantitative estimate of drug-likeness (QED) is 0.101. The zero-order valence-corrected chi connectivity index (χ0v) is 22.9. The number of hydrogen-bond acceptors (Lipinski definition) is 1. The van der Waals surface area contributed by atoms with Crippen LogP contribution < -0.4 is 0 Å². The largest absolute Gasteiger partial charge is 0.324 e. The van der Waals surface area contributed by atoms with Gasteiger partial charge in [0.1, 0.15) is 0 Å². The number of hydrogen-bond donors (Lipinski definition) is 0. The van der Waals surface area contributed by atoms with Crippen LogP contribution in [0.5, 0.6) is 0 Å². The van der Waals surface area contributed by atoms with Crippen molar-refractivity contribution >= 4 is 0 Å². The molecule has 2 nitrogen and oxygen atoms in total. The Hall–Kier alpha value is -0.0800. The maximum atomic E-state index is 2.40. The van der Waals surface area contributed by atoms with Gasteiger partial charge in [-0.3, -0.25) is 0 Å². The van der Waals surface area contributed by atoms with E-state index in [4.69, 9.17) is 0 Å². The lowest BCUT2D eigenvalue weighted by molar-refractivity contribution is -0.925. The van der Waals surface area contributed by atoms with Crippen LogP contribution in [0.25, 0.3) is 0 Å². The fourth-order valence-corrected chi connectivity index (χ4v) is 5.04. The third-order valence-corrected chi connectivity index (χ3v) is 7.57. The molecule has 31 heavy (non-hydrogen) atoms. The van der Waals surface area contributed by atoms with Crippen LogP contribution in [0.1, 0.15) is 143 Å². The minimum Gasteiger partial charge on any atom is -0.324 e. The Balaban J connectivity index is 3.41. The summed E-state index contributed by atoms with van der Waals surface area (Å²) in [6, 6.07) is 0. The molecule has 0 unspecified atom stereocenters. The van der Waals surface area contributed by atoms with Crippen molar-refractivity contribution in [2.24, 2.45) is 0 Å². The highest BCUT2D eigenvalue weighted by molar-refractivity contribution is 4.52. The van der Waals surface area contributed by atoms with Gasteiger partial charge in [0.15, 0.2) is 0 Å². The first-order valence-corrected chi connectivity index (χ1v) is 14.6. The third kappa shape index (κ3) is 20.3. The molecule has 0 saturated carbocycles. The summed E-state index contributed by atoms with van der Waals surface area (Å²) in [5, 5.41) is 0. The summed E-state index contributed by atoms with van der Waals surface area (Å²) >= 11 is 0. The highest BCUT2D eigenvalue weighted by Crippen LogP contribution is 2.16. The molecule has 0 heterocycles. The Bertz CT molecular complexity index is 336. The molecule has 0 aliphatic rings. The first kappa shape index (κ1) is 30.9. The molecule has 0 rings (SSSR count). The first-order chi connectivity index (χ1) is 15.1. The summed E-state index contributed by atoms with van der Waals surface area (Å²) in [6.07, 6.45) is 27.7. The molecule has 0 spiro atoms. The van der Waals surface area contributed by atoms with Crippen LogP contribution in [0.4, 0.5) is 0 Å². The molecule has 0 N–H and O–H groups in total. The summed E-state index contributed by atoms with van der Waals surface area (Å²) in [7, 11) is 4.40. The van der Waals surface area contributed by atoms with Crippen LogP contribution >= 0.6 is 0 Å². The summed E-state index contributed by atoms with van der Waals surface area (Å²) in [4.78, 5) is 2.33. The van der Waals surface area contributed by atoms with Gasteiger partial charge in [0.05, 0.1) is 26.2 Å². The Morgan fingerprint density at radius 1 is 0.419 bits per heavy atom. The monoisotopic (exact) mass is 439 g/mol. The van der Waals surface area contributed by atoms with Crippen molar-refractivity contribution in [3.05, 3.63) is 0 Å². The van der Waals surface area contributed by atoms with Gasteiger partial charge < -0.3 is 9.38 Å². The van der Waals surface area contributed by atoms with Crippen molar-refractivity contribution in [2.75, 3.05) is 46.8 Å². The van der Waals surface area contributed by atoms with Crippen LogP contribution in [-0.2, 0) is 0 Å². The molecule has 0 aromatic rings. The van der Waals surface area contributed by atoms with Crippen molar-refractivity contribution in [1.82, 2.24) is 4.90 Å². The summed E-state index contributed by atoms with van der Waals surface area (Å²) in [5.74, 6) is 0. The van der Waals surface area contributed by atoms with Crippen LogP contribution in [0, 0.1) is 0 Å². The minimum absolute atomic E-state index is 1.24. The number of nitrogens with zero attached hydrogens (tertiary/aromatic N) is 2. The highest BCUT2D eigenvalue weighted by Gasteiger charge is 2.21. The number of unbranched alkanes of at least 4 members (excludes halogenated alkanes) is 17. The molecule has 0 radical (unpaired) electrons. The van der Waals surface area contributed by atoms with Gasteiger partial charge >= 0.3 is 0 Å². The third-order valence-electron chi connectivity index (χ3n) is 7.57. The standard InChI is InChI=1S/C29H63N2/c1-6-9-10-11-12-13-14-15-16-17-18-19-20-21-22-23-24-25-28-31(7-2,8-3)29-26-27-30(4)5/h6-29H2,1-5H3/q+1. The van der Waals surface area contributed by atoms with Crippen LogP contribution in [0.15, 0.2) is 0 Å². The lowest BCUT2D eigenvalue weighted by Gasteiger charge is -2.37. The van der Waals surface area contributed by atoms with Crippen molar-refractivity contribution in [2.45, 2.75) is 143 Å². The molecule has 0 aliphatic carbocycles. The molecule has 0 aromatic carbocycles. The Morgan fingerprint density at radius 2 is 0.742 bits per heavy atom. The molecule has 2 heteroatoms. The SMILES string of the molecule is CCCCCCCCCCCCCCCCCCCC[N+](CC)(CC)CCCN(C)C. The average molecular weight is 440 g/mol. The molecular weight excluding hydrogens is 376 g/mol. The average Bonchev–Trinajstić information content (AvgIpc) is 2.77. The number of quaternary nitrogens is 1. The van der Waals surface area contributed by atoms with Gasteiger partial charge in [-0.2, -0.15) is 0 Å². The van der Waals surface area contributed by atoms with E-state index in [0.717, 1.165) is 0 Å². The smallest absolute Gasteiger partial charge is 0.0798 e. The van der Waals surface area contributed by atoms with Crippen LogP contribution in [0.3, 0.4) is 0 Å². The van der Waals surface area contributed by atoms with Gasteiger partial charge in [0, 0.05) is 13.0 Å². The van der Waals surface area contributed by atoms with Gasteiger partial charge in [0.25, 0.3) is 0 Å². The van der Waals surface area contributed by atoms with Crippen molar-refractivity contribution < 1.29 is 4.48 Å². The fraction of sp³-hybridized carbons (Fsp3) is 1.00. The van der Waals surface area contributed by atoms with E-state index in [1.165, 1.54) is 159 Å². The molecule has 0 bridgehead atoms. The van der Waals surface area contributed by atoms with E-state index in [0.29, 0.717) is 0 Å². The first-order valence-electron chi connectivity index (χ1n) is 14.6. The second kappa shape index (κ2) is 23.1. The summed E-state index contributed by atoms with van der Waals surface area (Å²) < 4.78 is 1.34. The van der Waals surface area contributed by atoms with Crippen molar-refractivity contribution in [3.8, 4) is 0 Å². The van der Waals surface area contributed by atoms with Crippen molar-refractivity contribution in [3.63, 3.8) is 0 Å². The van der Waals surface area contributed by atoms with Gasteiger partial charge in [0.2, 0.25) is 0 Å². The van der Waals surface area contributed by atoms with E-state index in [2.05, 4.69) is 39.8 Å². The van der Waals surface area contributed by atoms with E-state index < -0.39 is 0 Å². The lowest BCUT2D eigenvalue weighted by atomic mass is 10.0. The zero-order chi connectivity index (χ0) is 23.0. The Kier molecular flexibility index (Phi) is 23.0. The normalized spacial score (nSPS) is 12.2. The Labute approximate surface area is 199 Å². The molecule has 0 aromatic heterocycles. The van der Waals surface area contributed by atoms with Gasteiger partial charge in [-0.15, -0.1) is 0 Å². The van der Waals surface area contributed by atoms with E-state index >= 15 is 0 Å². The van der Waals surface area contributed by atoms with E-state index in [1.807, 2.05) is 0 Å². The lowest BCUT2D eigenvalue weighted by Crippen LogP contribution is -2.49. The fourth-order valence-electron chi connectivity index (χ4n) is 5.04. The molecule has 0 fully saturated rings. The maximum Gasteiger partial charge on any atom is 0.0798 e. The van der Waals surface area contributed by atoms with Crippen LogP contribution in [0.2, 0.25) is 0 Å². The summed E-state index contributed by atoms with van der Waals surface area (Å²) in [6.45, 7) is 13.7. The van der Waals surface area contributed by atoms with E-state index in [-0.39, 0.29) is 0 Å². The second-order valence-corrected chi connectivity index (χ2v) is 10.6. The Morgan fingerprint density at radius 3 is 1.06 bits per heavy atom. The molecule has 0 amide bonds. The minimum atomic E-state index is 1.24. The highest BCUT2D eigenvalue weighted by atomic mass is 15.3. The molecular formula is C29H63N2+.